The maximum absolute atomic E-state index is 12.1. The Labute approximate surface area is 137 Å². The van der Waals surface area contributed by atoms with E-state index in [1.54, 1.807) is 0 Å². The van der Waals surface area contributed by atoms with Crippen LogP contribution in [0.25, 0.3) is 0 Å². The molecule has 2 N–H and O–H groups in total. The van der Waals surface area contributed by atoms with Crippen molar-refractivity contribution in [3.8, 4) is 0 Å². The summed E-state index contributed by atoms with van der Waals surface area (Å²) in [4.78, 5) is 14.2. The molecular weight excluding hydrogens is 302 g/mol. The van der Waals surface area contributed by atoms with Crippen LogP contribution in [0.5, 0.6) is 0 Å². The van der Waals surface area contributed by atoms with Crippen molar-refractivity contribution in [3.05, 3.63) is 34.9 Å². The lowest BCUT2D eigenvalue weighted by molar-refractivity contribution is -0.123. The lowest BCUT2D eigenvalue weighted by atomic mass is 10.0. The van der Waals surface area contributed by atoms with Gasteiger partial charge in [0.1, 0.15) is 0 Å². The van der Waals surface area contributed by atoms with Gasteiger partial charge in [-0.25, -0.2) is 0 Å². The average molecular weight is 326 g/mol. The van der Waals surface area contributed by atoms with Gasteiger partial charge < -0.3 is 15.4 Å². The molecule has 1 amide bonds. The summed E-state index contributed by atoms with van der Waals surface area (Å²) in [7, 11) is 0. The number of carbonyl (C=O) groups is 1. The predicted molar refractivity (Wildman–Crippen MR) is 88.1 cm³/mol. The first-order chi connectivity index (χ1) is 10.7. The Morgan fingerprint density at radius 1 is 1.50 bits per heavy atom. The lowest BCUT2D eigenvalue weighted by Crippen LogP contribution is -2.49. The van der Waals surface area contributed by atoms with E-state index in [4.69, 9.17) is 16.3 Å². The smallest absolute Gasteiger partial charge is 0.234 e. The third kappa shape index (κ3) is 4.95. The van der Waals surface area contributed by atoms with Gasteiger partial charge in [-0.1, -0.05) is 29.8 Å². The van der Waals surface area contributed by atoms with Gasteiger partial charge in [0.05, 0.1) is 13.2 Å². The number of hydrogen-bond acceptors (Lipinski definition) is 4. The Balaban J connectivity index is 1.93. The zero-order valence-corrected chi connectivity index (χ0v) is 13.7. The number of nitrogens with one attached hydrogen (secondary N) is 2. The fourth-order valence-corrected chi connectivity index (χ4v) is 2.90. The molecule has 1 saturated heterocycles. The predicted octanol–water partition coefficient (Wildman–Crippen LogP) is 1.44. The maximum Gasteiger partial charge on any atom is 0.234 e. The fourth-order valence-electron chi connectivity index (χ4n) is 2.63. The van der Waals surface area contributed by atoms with Crippen LogP contribution in [0.1, 0.15) is 18.5 Å². The molecule has 122 valence electrons. The minimum absolute atomic E-state index is 0.0265. The summed E-state index contributed by atoms with van der Waals surface area (Å²) >= 11 is 6.31. The second-order valence-corrected chi connectivity index (χ2v) is 5.67. The molecule has 0 spiro atoms. The van der Waals surface area contributed by atoms with Crippen molar-refractivity contribution >= 4 is 17.5 Å². The highest BCUT2D eigenvalue weighted by Gasteiger charge is 2.26. The second-order valence-electron chi connectivity index (χ2n) is 5.26. The van der Waals surface area contributed by atoms with E-state index in [0.717, 1.165) is 30.2 Å². The van der Waals surface area contributed by atoms with Gasteiger partial charge in [-0.15, -0.1) is 0 Å². The highest BCUT2D eigenvalue weighted by molar-refractivity contribution is 6.31. The van der Waals surface area contributed by atoms with Crippen molar-refractivity contribution in [2.24, 2.45) is 0 Å². The molecule has 6 heteroatoms. The van der Waals surface area contributed by atoms with Gasteiger partial charge >= 0.3 is 0 Å². The maximum atomic E-state index is 12.1. The van der Waals surface area contributed by atoms with Gasteiger partial charge in [0.2, 0.25) is 5.91 Å². The van der Waals surface area contributed by atoms with Gasteiger partial charge in [-0.05, 0) is 18.6 Å². The normalized spacial score (nSPS) is 19.1. The summed E-state index contributed by atoms with van der Waals surface area (Å²) in [5.41, 5.74) is 1.07. The molecule has 5 nitrogen and oxygen atoms in total. The quantitative estimate of drug-likeness (QED) is 0.745. The van der Waals surface area contributed by atoms with E-state index < -0.39 is 0 Å². The highest BCUT2D eigenvalue weighted by Crippen LogP contribution is 2.28. The van der Waals surface area contributed by atoms with E-state index in [1.165, 1.54) is 0 Å². The number of nitrogens with zero attached hydrogens (tertiary/aromatic N) is 1. The molecule has 0 saturated carbocycles. The Morgan fingerprint density at radius 3 is 3.09 bits per heavy atom. The number of carbonyl (C=O) groups excluding carboxylic acids is 1. The van der Waals surface area contributed by atoms with Crippen molar-refractivity contribution < 1.29 is 9.53 Å². The molecule has 1 aromatic rings. The number of rotatable bonds is 7. The zero-order valence-electron chi connectivity index (χ0n) is 13.0. The van der Waals surface area contributed by atoms with Gasteiger partial charge in [0, 0.05) is 43.9 Å². The minimum atomic E-state index is 0.0265. The molecule has 0 radical (unpaired) electrons. The summed E-state index contributed by atoms with van der Waals surface area (Å²) in [6, 6.07) is 7.95. The Hall–Kier alpha value is -1.14. The third-order valence-electron chi connectivity index (χ3n) is 3.74. The van der Waals surface area contributed by atoms with Crippen LogP contribution in [0.2, 0.25) is 5.02 Å². The number of piperazine rings is 1. The van der Waals surface area contributed by atoms with Gasteiger partial charge in [-0.3, -0.25) is 9.69 Å². The molecule has 22 heavy (non-hydrogen) atoms. The SMILES string of the molecule is CCOCCNC(=O)CN1CCNCC1c1ccccc1Cl. The molecule has 0 aliphatic carbocycles. The second kappa shape index (κ2) is 9.10. The Morgan fingerprint density at radius 2 is 2.32 bits per heavy atom. The van der Waals surface area contributed by atoms with Crippen molar-refractivity contribution in [2.45, 2.75) is 13.0 Å². The highest BCUT2D eigenvalue weighted by atomic mass is 35.5. The molecule has 1 heterocycles. The lowest BCUT2D eigenvalue weighted by Gasteiger charge is -2.36. The van der Waals surface area contributed by atoms with Crippen LogP contribution in [0.4, 0.5) is 0 Å². The molecular formula is C16H24ClN3O2. The number of benzene rings is 1. The van der Waals surface area contributed by atoms with Crippen LogP contribution < -0.4 is 10.6 Å². The molecule has 0 aromatic heterocycles. The molecule has 1 fully saturated rings. The molecule has 1 aliphatic heterocycles. The van der Waals surface area contributed by atoms with Crippen LogP contribution in [0, 0.1) is 0 Å². The first kappa shape index (κ1) is 17.2. The largest absolute Gasteiger partial charge is 0.380 e. The van der Waals surface area contributed by atoms with E-state index in [0.29, 0.717) is 26.3 Å². The first-order valence-electron chi connectivity index (χ1n) is 7.76. The number of amides is 1. The van der Waals surface area contributed by atoms with E-state index in [9.17, 15) is 4.79 Å². The molecule has 1 aromatic carbocycles. The summed E-state index contributed by atoms with van der Waals surface area (Å²) in [6.45, 7) is 6.61. The first-order valence-corrected chi connectivity index (χ1v) is 8.13. The molecule has 2 rings (SSSR count). The van der Waals surface area contributed by atoms with Gasteiger partial charge in [0.25, 0.3) is 0 Å². The van der Waals surface area contributed by atoms with Crippen molar-refractivity contribution in [1.82, 2.24) is 15.5 Å². The van der Waals surface area contributed by atoms with E-state index in [2.05, 4.69) is 15.5 Å². The third-order valence-corrected chi connectivity index (χ3v) is 4.08. The van der Waals surface area contributed by atoms with Crippen LogP contribution in [0.15, 0.2) is 24.3 Å². The van der Waals surface area contributed by atoms with Crippen molar-refractivity contribution in [3.63, 3.8) is 0 Å². The number of ether oxygens (including phenoxy) is 1. The van der Waals surface area contributed by atoms with E-state index in [-0.39, 0.29) is 11.9 Å². The molecule has 1 unspecified atom stereocenters. The zero-order chi connectivity index (χ0) is 15.8. The van der Waals surface area contributed by atoms with Gasteiger partial charge in [0.15, 0.2) is 0 Å². The van der Waals surface area contributed by atoms with Crippen molar-refractivity contribution in [1.29, 1.82) is 0 Å². The minimum Gasteiger partial charge on any atom is -0.380 e. The molecule has 1 atom stereocenters. The monoisotopic (exact) mass is 325 g/mol. The van der Waals surface area contributed by atoms with Crippen LogP contribution >= 0.6 is 11.6 Å². The number of hydrogen-bond donors (Lipinski definition) is 2. The summed E-state index contributed by atoms with van der Waals surface area (Å²) in [5, 5.41) is 7.01. The van der Waals surface area contributed by atoms with Crippen LogP contribution in [0.3, 0.4) is 0 Å². The molecule has 0 bridgehead atoms. The van der Waals surface area contributed by atoms with Crippen LogP contribution in [-0.4, -0.2) is 56.7 Å². The Bertz CT molecular complexity index is 484. The number of halogens is 1. The van der Waals surface area contributed by atoms with E-state index >= 15 is 0 Å². The van der Waals surface area contributed by atoms with E-state index in [1.807, 2.05) is 31.2 Å². The fraction of sp³-hybridized carbons (Fsp3) is 0.562. The summed E-state index contributed by atoms with van der Waals surface area (Å²) in [5.74, 6) is 0.0265. The summed E-state index contributed by atoms with van der Waals surface area (Å²) < 4.78 is 5.22. The summed E-state index contributed by atoms with van der Waals surface area (Å²) in [6.07, 6.45) is 0. The standard InChI is InChI=1S/C16H24ClN3O2/c1-2-22-10-8-19-16(21)12-20-9-7-18-11-15(20)13-5-3-4-6-14(13)17/h3-6,15,18H,2,7-12H2,1H3,(H,19,21). The van der Waals surface area contributed by atoms with Crippen LogP contribution in [-0.2, 0) is 9.53 Å². The molecule has 1 aliphatic rings. The Kier molecular flexibility index (Phi) is 7.12. The average Bonchev–Trinajstić information content (AvgIpc) is 2.53. The van der Waals surface area contributed by atoms with Crippen molar-refractivity contribution in [2.75, 3.05) is 45.9 Å². The van der Waals surface area contributed by atoms with Gasteiger partial charge in [-0.2, -0.15) is 0 Å². The topological polar surface area (TPSA) is 53.6 Å².